The highest BCUT2D eigenvalue weighted by atomic mass is 16.5. The molecular weight excluding hydrogens is 504 g/mol. The predicted molar refractivity (Wildman–Crippen MR) is 141 cm³/mol. The fraction of sp³-hybridized carbons (Fsp3) is 0.552. The van der Waals surface area contributed by atoms with E-state index < -0.39 is 70.1 Å². The van der Waals surface area contributed by atoms with Crippen LogP contribution < -0.4 is 5.73 Å². The first-order valence-electron chi connectivity index (χ1n) is 13.5. The second kappa shape index (κ2) is 9.76. The first kappa shape index (κ1) is 27.4. The summed E-state index contributed by atoms with van der Waals surface area (Å²) < 4.78 is 6.56. The molecule has 0 heterocycles. The number of carbonyl (C=O) groups excluding carboxylic acids is 3. The Hall–Kier alpha value is -3.21. The van der Waals surface area contributed by atoms with Gasteiger partial charge in [-0.25, -0.2) is 0 Å². The largest absolute Gasteiger partial charge is 0.508 e. The molecule has 6 N–H and O–H groups in total. The van der Waals surface area contributed by atoms with E-state index in [1.807, 2.05) is 6.92 Å². The smallest absolute Gasteiger partial charge is 0.255 e. The average Bonchev–Trinajstić information content (AvgIpc) is 2.88. The van der Waals surface area contributed by atoms with Gasteiger partial charge in [0.05, 0.1) is 23.6 Å². The predicted octanol–water partition coefficient (Wildman–Crippen LogP) is 2.10. The van der Waals surface area contributed by atoms with Gasteiger partial charge >= 0.3 is 0 Å². The van der Waals surface area contributed by atoms with Gasteiger partial charge in [0, 0.05) is 18.1 Å². The van der Waals surface area contributed by atoms with Crippen molar-refractivity contribution >= 4 is 23.2 Å². The Morgan fingerprint density at radius 2 is 1.79 bits per heavy atom. The Labute approximate surface area is 226 Å². The van der Waals surface area contributed by atoms with Crippen molar-refractivity contribution in [3.05, 3.63) is 46.2 Å². The van der Waals surface area contributed by atoms with Crippen LogP contribution in [0.3, 0.4) is 0 Å². The third-order valence-corrected chi connectivity index (χ3v) is 9.22. The van der Waals surface area contributed by atoms with Crippen LogP contribution in [0.25, 0.3) is 5.76 Å². The second-order valence-corrected chi connectivity index (χ2v) is 11.6. The summed E-state index contributed by atoms with van der Waals surface area (Å²) in [6.45, 7) is 2.14. The van der Waals surface area contributed by atoms with Crippen LogP contribution in [0.1, 0.15) is 56.1 Å². The minimum atomic E-state index is -2.77. The molecule has 0 spiro atoms. The third kappa shape index (κ3) is 3.91. The Bertz CT molecular complexity index is 1290. The lowest BCUT2D eigenvalue weighted by Gasteiger charge is -2.55. The van der Waals surface area contributed by atoms with Crippen LogP contribution in [0.2, 0.25) is 0 Å². The van der Waals surface area contributed by atoms with Crippen LogP contribution in [0.5, 0.6) is 5.75 Å². The number of nitrogens with zero attached hydrogens (tertiary/aromatic N) is 1. The number of phenols is 1. The zero-order valence-corrected chi connectivity index (χ0v) is 22.4. The lowest BCUT2D eigenvalue weighted by Crippen LogP contribution is -2.71. The van der Waals surface area contributed by atoms with Gasteiger partial charge in [-0.15, -0.1) is 0 Å². The van der Waals surface area contributed by atoms with E-state index in [0.29, 0.717) is 12.2 Å². The van der Waals surface area contributed by atoms with Gasteiger partial charge in [0.1, 0.15) is 22.8 Å². The number of aromatic hydroxyl groups is 1. The van der Waals surface area contributed by atoms with Crippen molar-refractivity contribution in [1.29, 1.82) is 0 Å². The maximum absolute atomic E-state index is 14.2. The number of Topliss-reactive ketones (excluding diaryl/α,β-unsaturated/α-hetero) is 2. The van der Waals surface area contributed by atoms with Gasteiger partial charge in [-0.2, -0.15) is 0 Å². The fourth-order valence-electron chi connectivity index (χ4n) is 7.35. The topological polar surface area (TPSA) is 171 Å². The molecule has 1 aromatic rings. The number of phenolic OH excluding ortho intramolecular Hbond substituents is 1. The molecule has 4 aliphatic carbocycles. The molecular formula is C29H36N2O8. The van der Waals surface area contributed by atoms with E-state index in [4.69, 9.17) is 10.5 Å². The molecule has 2 saturated carbocycles. The third-order valence-electron chi connectivity index (χ3n) is 9.22. The number of carbonyl (C=O) groups is 3. The number of benzene rings is 1. The highest BCUT2D eigenvalue weighted by Crippen LogP contribution is 2.57. The molecule has 6 atom stereocenters. The quantitative estimate of drug-likeness (QED) is 0.351. The van der Waals surface area contributed by atoms with E-state index in [0.717, 1.165) is 32.1 Å². The van der Waals surface area contributed by atoms with Gasteiger partial charge in [-0.05, 0) is 50.4 Å². The van der Waals surface area contributed by atoms with Crippen molar-refractivity contribution in [2.45, 2.75) is 62.7 Å². The molecule has 0 saturated heterocycles. The highest BCUT2D eigenvalue weighted by Gasteiger charge is 2.68. The Balaban J connectivity index is 1.76. The van der Waals surface area contributed by atoms with Gasteiger partial charge in [-0.1, -0.05) is 38.3 Å². The number of ether oxygens (including phenoxy) is 1. The van der Waals surface area contributed by atoms with Crippen LogP contribution >= 0.6 is 0 Å². The van der Waals surface area contributed by atoms with Gasteiger partial charge in [-0.3, -0.25) is 19.3 Å². The molecule has 10 heteroatoms. The van der Waals surface area contributed by atoms with Crippen molar-refractivity contribution in [3.63, 3.8) is 0 Å². The standard InChI is InChI=1S/C29H36N2O8/c1-13-15-10-7-11-16(32)18(15)23(33)19-17(13)25(39-12-14-8-5-4-6-9-14)21-22(31(2)3)24(34)20(28(30)37)27(36)29(21,38)26(19)35/h7,10-11,13-14,17,21-22,25,32-33,36,38H,4-6,8-9,12H2,1-3H3,(H2,30,37)/t13-,17-,21-,22+,25+,29+/m0/s1. The summed E-state index contributed by atoms with van der Waals surface area (Å²) in [6, 6.07) is 3.54. The summed E-state index contributed by atoms with van der Waals surface area (Å²) in [5.74, 6) is -7.37. The molecule has 10 nitrogen and oxygen atoms in total. The minimum Gasteiger partial charge on any atom is -0.508 e. The first-order valence-corrected chi connectivity index (χ1v) is 13.5. The average molecular weight is 541 g/mol. The summed E-state index contributed by atoms with van der Waals surface area (Å²) in [5, 5.41) is 45.4. The number of rotatable bonds is 5. The highest BCUT2D eigenvalue weighted by molar-refractivity contribution is 6.24. The molecule has 0 bridgehead atoms. The summed E-state index contributed by atoms with van der Waals surface area (Å²) in [6.07, 6.45) is 4.17. The molecule has 2 fully saturated rings. The van der Waals surface area contributed by atoms with Crippen LogP contribution in [0.4, 0.5) is 0 Å². The monoisotopic (exact) mass is 540 g/mol. The van der Waals surface area contributed by atoms with Crippen molar-refractivity contribution in [2.24, 2.45) is 23.5 Å². The van der Waals surface area contributed by atoms with Crippen molar-refractivity contribution in [1.82, 2.24) is 4.90 Å². The number of fused-ring (bicyclic) bond motifs is 3. The molecule has 5 rings (SSSR count). The zero-order valence-electron chi connectivity index (χ0n) is 22.4. The van der Waals surface area contributed by atoms with Crippen LogP contribution in [0.15, 0.2) is 35.1 Å². The fourth-order valence-corrected chi connectivity index (χ4v) is 7.35. The van der Waals surface area contributed by atoms with E-state index in [-0.39, 0.29) is 22.8 Å². The zero-order chi connectivity index (χ0) is 28.4. The number of hydrogen-bond donors (Lipinski definition) is 5. The molecule has 0 unspecified atom stereocenters. The maximum atomic E-state index is 14.2. The Kier molecular flexibility index (Phi) is 6.85. The number of aliphatic hydroxyl groups excluding tert-OH is 2. The number of hydrogen-bond acceptors (Lipinski definition) is 9. The number of likely N-dealkylation sites (N-methyl/N-ethyl adjacent to an activating group) is 1. The van der Waals surface area contributed by atoms with Gasteiger partial charge in [0.15, 0.2) is 11.4 Å². The molecule has 4 aliphatic rings. The first-order chi connectivity index (χ1) is 18.4. The number of nitrogens with two attached hydrogens (primary N) is 1. The molecule has 1 amide bonds. The van der Waals surface area contributed by atoms with Crippen LogP contribution in [-0.4, -0.2) is 81.2 Å². The summed E-state index contributed by atoms with van der Waals surface area (Å²) in [7, 11) is 3.15. The number of amides is 1. The maximum Gasteiger partial charge on any atom is 0.255 e. The van der Waals surface area contributed by atoms with Crippen molar-refractivity contribution < 1.29 is 39.5 Å². The summed E-state index contributed by atoms with van der Waals surface area (Å²) in [4.78, 5) is 41.6. The molecule has 1 aromatic carbocycles. The SMILES string of the molecule is C[C@H]1c2cccc(O)c2C(O)=C2C(=O)[C@@]3(O)C(O)=C(C(N)=O)C(=O)[C@H](N(C)C)[C@H]3[C@H](OCC3CCCCC3)[C@H]21. The van der Waals surface area contributed by atoms with Crippen molar-refractivity contribution in [2.75, 3.05) is 20.7 Å². The van der Waals surface area contributed by atoms with Crippen molar-refractivity contribution in [3.8, 4) is 5.75 Å². The van der Waals surface area contributed by atoms with E-state index >= 15 is 0 Å². The second-order valence-electron chi connectivity index (χ2n) is 11.6. The lowest BCUT2D eigenvalue weighted by molar-refractivity contribution is -0.178. The summed E-state index contributed by atoms with van der Waals surface area (Å²) >= 11 is 0. The summed E-state index contributed by atoms with van der Waals surface area (Å²) in [5.41, 5.74) is 2.26. The molecule has 39 heavy (non-hydrogen) atoms. The van der Waals surface area contributed by atoms with E-state index in [1.54, 1.807) is 26.2 Å². The van der Waals surface area contributed by atoms with Gasteiger partial charge < -0.3 is 30.9 Å². The van der Waals surface area contributed by atoms with E-state index in [1.165, 1.54) is 11.0 Å². The molecule has 210 valence electrons. The molecule has 0 aromatic heterocycles. The molecule has 0 aliphatic heterocycles. The van der Waals surface area contributed by atoms with E-state index in [2.05, 4.69) is 0 Å². The van der Waals surface area contributed by atoms with Crippen LogP contribution in [0, 0.1) is 17.8 Å². The number of ketones is 2. The lowest BCUT2D eigenvalue weighted by atomic mass is 9.54. The van der Waals surface area contributed by atoms with Gasteiger partial charge in [0.2, 0.25) is 5.78 Å². The Morgan fingerprint density at radius 3 is 2.41 bits per heavy atom. The Morgan fingerprint density at radius 1 is 1.13 bits per heavy atom. The van der Waals surface area contributed by atoms with Crippen LogP contribution in [-0.2, 0) is 19.1 Å². The molecule has 0 radical (unpaired) electrons. The van der Waals surface area contributed by atoms with E-state index in [9.17, 15) is 34.8 Å². The minimum absolute atomic E-state index is 0.0623. The van der Waals surface area contributed by atoms with Gasteiger partial charge in [0.25, 0.3) is 5.91 Å². The normalized spacial score (nSPS) is 33.2. The number of primary amides is 1. The number of aliphatic hydroxyl groups is 3.